The summed E-state index contributed by atoms with van der Waals surface area (Å²) in [5.41, 5.74) is 1.71. The lowest BCUT2D eigenvalue weighted by atomic mass is 9.49. The largest absolute Gasteiger partial charge is 0.393 e. The van der Waals surface area contributed by atoms with Crippen molar-refractivity contribution in [1.29, 1.82) is 0 Å². The van der Waals surface area contributed by atoms with Gasteiger partial charge in [0.05, 0.1) is 11.7 Å². The molecule has 0 aromatic heterocycles. The number of aliphatic hydroxyl groups excluding tert-OH is 1. The van der Waals surface area contributed by atoms with Gasteiger partial charge in [-0.15, -0.1) is 0 Å². The zero-order valence-corrected chi connectivity index (χ0v) is 11.1. The van der Waals surface area contributed by atoms with Crippen LogP contribution in [-0.2, 0) is 11.8 Å². The Morgan fingerprint density at radius 3 is 2.95 bits per heavy atom. The third kappa shape index (κ3) is 1.38. The molecule has 102 valence electrons. The highest BCUT2D eigenvalue weighted by molar-refractivity contribution is 5.44. The molecule has 3 nitrogen and oxygen atoms in total. The lowest BCUT2D eigenvalue weighted by Gasteiger charge is -2.61. The number of piperidine rings is 1. The number of fused-ring (bicyclic) bond motifs is 1. The molecule has 2 bridgehead atoms. The monoisotopic (exact) mass is 259 g/mol. The zero-order chi connectivity index (χ0) is 13.1. The molecule has 3 N–H and O–H groups in total. The first kappa shape index (κ1) is 11.9. The topological polar surface area (TPSA) is 52.5 Å². The number of hydrogen-bond donors (Lipinski definition) is 3. The van der Waals surface area contributed by atoms with Crippen molar-refractivity contribution in [1.82, 2.24) is 5.32 Å². The second-order valence-corrected chi connectivity index (χ2v) is 6.52. The minimum atomic E-state index is -0.682. The number of hydrogen-bond acceptors (Lipinski definition) is 3. The fourth-order valence-electron chi connectivity index (χ4n) is 4.87. The summed E-state index contributed by atoms with van der Waals surface area (Å²) < 4.78 is 0. The Morgan fingerprint density at radius 2 is 2.05 bits per heavy atom. The molecule has 1 saturated heterocycles. The Hall–Kier alpha value is -0.900. The molecule has 0 amide bonds. The molecule has 4 atom stereocenters. The van der Waals surface area contributed by atoms with Crippen molar-refractivity contribution < 1.29 is 10.2 Å². The van der Waals surface area contributed by atoms with E-state index in [2.05, 4.69) is 29.6 Å². The van der Waals surface area contributed by atoms with E-state index in [9.17, 15) is 10.2 Å². The van der Waals surface area contributed by atoms with E-state index in [-0.39, 0.29) is 17.6 Å². The molecule has 1 saturated carbocycles. The Bertz CT molecular complexity index is 517. The molecule has 1 aromatic rings. The maximum Gasteiger partial charge on any atom is 0.0901 e. The molecule has 3 heteroatoms. The van der Waals surface area contributed by atoms with Crippen LogP contribution in [0.1, 0.15) is 36.8 Å². The minimum absolute atomic E-state index is 0.142. The number of benzene rings is 1. The molecule has 0 spiro atoms. The maximum atomic E-state index is 11.4. The van der Waals surface area contributed by atoms with E-state index < -0.39 is 5.60 Å². The van der Waals surface area contributed by atoms with Crippen LogP contribution >= 0.6 is 0 Å². The zero-order valence-electron chi connectivity index (χ0n) is 11.1. The second-order valence-electron chi connectivity index (χ2n) is 6.52. The fourth-order valence-corrected chi connectivity index (χ4v) is 4.87. The van der Waals surface area contributed by atoms with E-state index in [4.69, 9.17) is 0 Å². The summed E-state index contributed by atoms with van der Waals surface area (Å²) in [6, 6.07) is 8.63. The second kappa shape index (κ2) is 3.81. The lowest BCUT2D eigenvalue weighted by Crippen LogP contribution is -2.72. The third-order valence-corrected chi connectivity index (χ3v) is 5.75. The van der Waals surface area contributed by atoms with Crippen molar-refractivity contribution in [3.8, 4) is 0 Å². The van der Waals surface area contributed by atoms with Crippen LogP contribution in [0.5, 0.6) is 0 Å². The van der Waals surface area contributed by atoms with Crippen molar-refractivity contribution >= 4 is 0 Å². The van der Waals surface area contributed by atoms with Crippen LogP contribution in [0.4, 0.5) is 0 Å². The van der Waals surface area contributed by atoms with Gasteiger partial charge >= 0.3 is 0 Å². The molecular weight excluding hydrogens is 238 g/mol. The van der Waals surface area contributed by atoms with E-state index in [1.54, 1.807) is 0 Å². The highest BCUT2D eigenvalue weighted by atomic mass is 16.3. The van der Waals surface area contributed by atoms with Gasteiger partial charge in [0.15, 0.2) is 0 Å². The summed E-state index contributed by atoms with van der Waals surface area (Å²) in [5, 5.41) is 25.0. The average Bonchev–Trinajstić information content (AvgIpc) is 2.39. The molecule has 4 rings (SSSR count). The van der Waals surface area contributed by atoms with Crippen LogP contribution in [0.3, 0.4) is 0 Å². The van der Waals surface area contributed by atoms with Crippen molar-refractivity contribution in [3.05, 3.63) is 35.4 Å². The smallest absolute Gasteiger partial charge is 0.0901 e. The van der Waals surface area contributed by atoms with E-state index in [1.807, 2.05) is 0 Å². The van der Waals surface area contributed by atoms with Gasteiger partial charge in [0.25, 0.3) is 0 Å². The first-order valence-corrected chi connectivity index (χ1v) is 7.38. The quantitative estimate of drug-likeness (QED) is 0.654. The van der Waals surface area contributed by atoms with E-state index in [0.717, 1.165) is 25.8 Å². The van der Waals surface area contributed by atoms with Gasteiger partial charge in [-0.05, 0) is 49.8 Å². The third-order valence-electron chi connectivity index (χ3n) is 5.75. The summed E-state index contributed by atoms with van der Waals surface area (Å²) in [6.45, 7) is 0.939. The average molecular weight is 259 g/mol. The molecule has 1 unspecified atom stereocenters. The highest BCUT2D eigenvalue weighted by Gasteiger charge is 2.62. The van der Waals surface area contributed by atoms with Crippen molar-refractivity contribution in [2.24, 2.45) is 0 Å². The molecule has 2 fully saturated rings. The van der Waals surface area contributed by atoms with Crippen molar-refractivity contribution in [2.75, 3.05) is 6.54 Å². The molecule has 2 aliphatic carbocycles. The first-order chi connectivity index (χ1) is 9.16. The standard InChI is InChI=1S/C16H21NO2/c18-12-5-6-16(19)14-9-11-3-1-2-4-13(11)15(16,10-12)7-8-17-14/h1-4,12,14,17-19H,5-10H2/t12?,14-,15-,16-/m1/s1. The molecular formula is C16H21NO2. The Labute approximate surface area is 113 Å². The Kier molecular flexibility index (Phi) is 2.39. The molecule has 1 aliphatic heterocycles. The van der Waals surface area contributed by atoms with E-state index in [0.29, 0.717) is 12.8 Å². The van der Waals surface area contributed by atoms with E-state index in [1.165, 1.54) is 11.1 Å². The van der Waals surface area contributed by atoms with E-state index >= 15 is 0 Å². The van der Waals surface area contributed by atoms with Crippen LogP contribution in [0.2, 0.25) is 0 Å². The van der Waals surface area contributed by atoms with Gasteiger partial charge in [-0.3, -0.25) is 0 Å². The summed E-state index contributed by atoms with van der Waals surface area (Å²) in [6.07, 6.45) is 3.70. The van der Waals surface area contributed by atoms with Gasteiger partial charge in [0.1, 0.15) is 0 Å². The summed E-state index contributed by atoms with van der Waals surface area (Å²) in [7, 11) is 0. The minimum Gasteiger partial charge on any atom is -0.393 e. The van der Waals surface area contributed by atoms with Crippen LogP contribution in [0.15, 0.2) is 24.3 Å². The Morgan fingerprint density at radius 1 is 1.21 bits per heavy atom. The highest BCUT2D eigenvalue weighted by Crippen LogP contribution is 2.56. The molecule has 19 heavy (non-hydrogen) atoms. The van der Waals surface area contributed by atoms with Crippen LogP contribution in [0, 0.1) is 0 Å². The fraction of sp³-hybridized carbons (Fsp3) is 0.625. The predicted molar refractivity (Wildman–Crippen MR) is 73.0 cm³/mol. The van der Waals surface area contributed by atoms with Crippen molar-refractivity contribution in [2.45, 2.75) is 55.3 Å². The Balaban J connectivity index is 1.95. The van der Waals surface area contributed by atoms with Gasteiger partial charge in [-0.1, -0.05) is 24.3 Å². The van der Waals surface area contributed by atoms with Gasteiger partial charge in [0.2, 0.25) is 0 Å². The molecule has 0 radical (unpaired) electrons. The normalized spacial score (nSPS) is 44.3. The molecule has 1 aromatic carbocycles. The van der Waals surface area contributed by atoms with Crippen LogP contribution < -0.4 is 5.32 Å². The van der Waals surface area contributed by atoms with Gasteiger partial charge < -0.3 is 15.5 Å². The first-order valence-electron chi connectivity index (χ1n) is 7.38. The maximum absolute atomic E-state index is 11.4. The predicted octanol–water partition coefficient (Wildman–Crippen LogP) is 1.12. The summed E-state index contributed by atoms with van der Waals surface area (Å²) in [4.78, 5) is 0. The molecule has 3 aliphatic rings. The van der Waals surface area contributed by atoms with Gasteiger partial charge in [-0.2, -0.15) is 0 Å². The lowest BCUT2D eigenvalue weighted by molar-refractivity contribution is -0.146. The summed E-state index contributed by atoms with van der Waals surface area (Å²) in [5.74, 6) is 0. The van der Waals surface area contributed by atoms with Crippen LogP contribution in [-0.4, -0.2) is 34.5 Å². The van der Waals surface area contributed by atoms with Gasteiger partial charge in [0, 0.05) is 11.5 Å². The number of nitrogens with one attached hydrogen (secondary N) is 1. The number of aliphatic hydroxyl groups is 2. The summed E-state index contributed by atoms with van der Waals surface area (Å²) >= 11 is 0. The molecule has 1 heterocycles. The number of rotatable bonds is 0. The van der Waals surface area contributed by atoms with Gasteiger partial charge in [-0.25, -0.2) is 0 Å². The SMILES string of the molecule is OC1CC[C@@]2(O)[C@H]3Cc4ccccc4[C@@]2(CCN3)C1. The van der Waals surface area contributed by atoms with Crippen LogP contribution in [0.25, 0.3) is 0 Å². The van der Waals surface area contributed by atoms with Crippen molar-refractivity contribution in [3.63, 3.8) is 0 Å².